The minimum Gasteiger partial charge on any atom is -0.496 e. The number of benzene rings is 5. The highest BCUT2D eigenvalue weighted by molar-refractivity contribution is 7.14. The lowest BCUT2D eigenvalue weighted by molar-refractivity contribution is -0.201. The number of amides is 10. The van der Waals surface area contributed by atoms with Crippen molar-refractivity contribution in [2.75, 3.05) is 51.0 Å². The zero-order valence-electron chi connectivity index (χ0n) is 75.7. The van der Waals surface area contributed by atoms with Gasteiger partial charge in [-0.15, -0.1) is 22.7 Å². The van der Waals surface area contributed by atoms with E-state index in [0.29, 0.717) is 27.9 Å². The Bertz CT molecular complexity index is 5470. The largest absolute Gasteiger partial charge is 0.496 e. The van der Waals surface area contributed by atoms with Gasteiger partial charge in [-0.25, -0.2) is 48.9 Å². The maximum atomic E-state index is 15.1. The van der Waals surface area contributed by atoms with Crippen molar-refractivity contribution < 1.29 is 116 Å². The second kappa shape index (κ2) is 39.1. The number of ketones is 2. The SMILES string of the molecule is COc1c(C[C@H](CC(=O)C(NC(=O)N2CCN(O)C(=O)C2=O)c2csc(NC(=O)OCc3ccccc3)n2)B2OC3C[C@H]4C[C@@H](C4(C)C)[C@]3(C)O2)cccc1C(=O)OC(C)(C)C.COc1c(C[C@H](CC(=O)C(NC(=O)N2CCN(OCc3ccccc3)C(=O)C2=O)c2csc(NC(=O)OCc3ccccc3)n2)B2OC3C[C@H]4C[C@@H](C4(C)C)[C@]3(C)O2)cccc1C(=O)OC(C)(C)C.[HH]. The average molecular weight is 1840 g/mol. The fourth-order valence-corrected chi connectivity index (χ4v) is 20.6. The van der Waals surface area contributed by atoms with Crippen LogP contribution in [-0.2, 0) is 104 Å². The molecule has 4 saturated heterocycles. The summed E-state index contributed by atoms with van der Waals surface area (Å²) in [5.41, 5.74) is 1.14. The minimum absolute atomic E-state index is 0. The molecule has 2 aromatic heterocycles. The summed E-state index contributed by atoms with van der Waals surface area (Å²) in [4.78, 5) is 178. The number of carbonyl (C=O) groups excluding carboxylic acids is 12. The first-order valence-corrected chi connectivity index (χ1v) is 45.5. The molecule has 10 fully saturated rings. The third kappa shape index (κ3) is 21.2. The van der Waals surface area contributed by atoms with Crippen LogP contribution in [0.15, 0.2) is 138 Å². The van der Waals surface area contributed by atoms with Crippen LogP contribution in [-0.4, -0.2) is 196 Å². The second-order valence-corrected chi connectivity index (χ2v) is 39.5. The zero-order valence-corrected chi connectivity index (χ0v) is 77.3. The maximum absolute atomic E-state index is 15.1. The summed E-state index contributed by atoms with van der Waals surface area (Å²) < 4.78 is 61.2. The first-order chi connectivity index (χ1) is 62.1. The van der Waals surface area contributed by atoms with Crippen molar-refractivity contribution in [2.45, 2.75) is 213 Å². The minimum atomic E-state index is -1.51. The third-order valence-corrected chi connectivity index (χ3v) is 27.7. The molecular formula is C93H112B2N10O24S2. The molecule has 10 aliphatic rings. The van der Waals surface area contributed by atoms with E-state index in [2.05, 4.69) is 72.8 Å². The molecule has 4 aliphatic heterocycles. The van der Waals surface area contributed by atoms with Crippen LogP contribution in [0.2, 0.25) is 11.6 Å². The van der Waals surface area contributed by atoms with E-state index < -0.39 is 132 Å². The van der Waals surface area contributed by atoms with Gasteiger partial charge >= 0.3 is 74.1 Å². The Labute approximate surface area is 769 Å². The second-order valence-electron chi connectivity index (χ2n) is 37.7. The third-order valence-electron chi connectivity index (χ3n) is 26.2. The van der Waals surface area contributed by atoms with Crippen molar-refractivity contribution in [3.63, 3.8) is 0 Å². The van der Waals surface area contributed by atoms with E-state index in [9.17, 15) is 57.9 Å². The van der Waals surface area contributed by atoms with Crippen LogP contribution in [0.5, 0.6) is 11.5 Å². The Morgan fingerprint density at radius 2 is 0.901 bits per heavy atom. The summed E-state index contributed by atoms with van der Waals surface area (Å²) in [5, 5.41) is 24.5. The number of hydroxylamine groups is 4. The number of hydrogen-bond acceptors (Lipinski definition) is 28. The van der Waals surface area contributed by atoms with E-state index in [-0.39, 0.29) is 157 Å². The van der Waals surface area contributed by atoms with Gasteiger partial charge < -0.3 is 57.7 Å². The van der Waals surface area contributed by atoms with Crippen LogP contribution in [0.4, 0.5) is 29.4 Å². The normalized spacial score (nSPS) is 23.1. The number of hydrogen-bond donors (Lipinski definition) is 5. The molecule has 5 N–H and O–H groups in total. The summed E-state index contributed by atoms with van der Waals surface area (Å²) >= 11 is 1.97. The number of methoxy groups -OCH3 is 2. The first-order valence-electron chi connectivity index (χ1n) is 43.7. The van der Waals surface area contributed by atoms with Crippen molar-refractivity contribution in [1.82, 2.24) is 40.5 Å². The van der Waals surface area contributed by atoms with E-state index >= 15 is 4.79 Å². The Kier molecular flexibility index (Phi) is 28.5. The molecule has 131 heavy (non-hydrogen) atoms. The molecule has 0 spiro atoms. The number of thiazole rings is 2. The van der Waals surface area contributed by atoms with Gasteiger partial charge in [-0.1, -0.05) is 143 Å². The number of para-hydroxylation sites is 2. The lowest BCUT2D eigenvalue weighted by atomic mass is 9.43. The quantitative estimate of drug-likeness (QED) is 0.00955. The topological polar surface area (TPSA) is 413 Å². The van der Waals surface area contributed by atoms with Gasteiger partial charge in [0.25, 0.3) is 0 Å². The summed E-state index contributed by atoms with van der Waals surface area (Å²) in [6, 6.07) is 32.4. The van der Waals surface area contributed by atoms with Crippen molar-refractivity contribution in [1.29, 1.82) is 0 Å². The van der Waals surface area contributed by atoms with Gasteiger partial charge in [0, 0.05) is 36.7 Å². The lowest BCUT2D eigenvalue weighted by Crippen LogP contribution is -2.65. The number of nitrogens with one attached hydrogen (secondary N) is 4. The number of carbonyl (C=O) groups is 12. The van der Waals surface area contributed by atoms with Gasteiger partial charge in [0.2, 0.25) is 0 Å². The van der Waals surface area contributed by atoms with Crippen molar-refractivity contribution >= 4 is 119 Å². The summed E-state index contributed by atoms with van der Waals surface area (Å²) in [6.07, 6.45) is 1.20. The number of aromatic nitrogens is 2. The van der Waals surface area contributed by atoms with Gasteiger partial charge in [0.05, 0.1) is 75.2 Å². The number of ether oxygens (including phenoxy) is 6. The van der Waals surface area contributed by atoms with Crippen LogP contribution in [0, 0.1) is 34.5 Å². The van der Waals surface area contributed by atoms with Gasteiger partial charge in [0.1, 0.15) is 65.7 Å². The molecule has 12 atom stereocenters. The van der Waals surface area contributed by atoms with Crippen molar-refractivity contribution in [3.05, 3.63) is 188 Å². The fraction of sp³-hybridized carbons (Fsp3) is 0.484. The molecule has 6 heterocycles. The van der Waals surface area contributed by atoms with Gasteiger partial charge in [0.15, 0.2) is 21.8 Å². The molecule has 38 heteroatoms. The molecule has 696 valence electrons. The van der Waals surface area contributed by atoms with E-state index in [1.54, 1.807) is 90.1 Å². The summed E-state index contributed by atoms with van der Waals surface area (Å²) in [7, 11) is 1.10. The first kappa shape index (κ1) is 95.6. The van der Waals surface area contributed by atoms with Gasteiger partial charge in [-0.3, -0.25) is 59.2 Å². The predicted molar refractivity (Wildman–Crippen MR) is 480 cm³/mol. The molecule has 4 bridgehead atoms. The Morgan fingerprint density at radius 1 is 0.511 bits per heavy atom. The van der Waals surface area contributed by atoms with E-state index in [1.165, 1.54) is 25.0 Å². The Morgan fingerprint density at radius 3 is 1.29 bits per heavy atom. The molecule has 6 saturated carbocycles. The van der Waals surface area contributed by atoms with E-state index in [0.717, 1.165) is 75.0 Å². The molecule has 10 amide bonds. The smallest absolute Gasteiger partial charge is 0.461 e. The van der Waals surface area contributed by atoms with E-state index in [1.807, 2.05) is 78.9 Å². The van der Waals surface area contributed by atoms with E-state index in [4.69, 9.17) is 51.9 Å². The molecule has 6 aliphatic carbocycles. The zero-order chi connectivity index (χ0) is 94.0. The number of Topliss-reactive ketones (excluding diaryl/α,β-unsaturated/α-hetero) is 2. The fourth-order valence-electron chi connectivity index (χ4n) is 19.2. The number of imide groups is 2. The molecule has 34 nitrogen and oxygen atoms in total. The molecule has 5 aromatic carbocycles. The van der Waals surface area contributed by atoms with Crippen LogP contribution in [0.25, 0.3) is 0 Å². The van der Waals surface area contributed by atoms with Crippen molar-refractivity contribution in [3.8, 4) is 11.5 Å². The molecule has 17 rings (SSSR count). The predicted octanol–water partition coefficient (Wildman–Crippen LogP) is 13.9. The number of urea groups is 2. The maximum Gasteiger partial charge on any atom is 0.461 e. The molecule has 7 aromatic rings. The number of anilines is 2. The molecule has 4 unspecified atom stereocenters. The molecule has 0 radical (unpaired) electrons. The highest BCUT2D eigenvalue weighted by Crippen LogP contribution is 2.68. The standard InChI is InChI=1S/C50H58BN5O12S.C43H52BN5O12S.H2/c1-48(2,3)66-44(60)35-20-14-19-32(41(35)63-7)23-34(51-67-39-25-33-24-38(49(33,4)5)50(39,6)68-51)26-37(57)40(36-29-69-45(52-36)54-47(62)64-27-30-15-10-8-11-16-30)53-46(61)55-21-22-56(43(59)42(55)58)65-28-31-17-12-9-13-18-31;1-41(2,3)59-37(53)28-15-11-14-25(34(28)57-7)18-27(44-60-32-20-26-19-31(42(26,4)5)43(32,6)61-44)21-30(50)33(46-39(54)48-16-17-49(56)36(52)35(48)51)29-23-62-38(45-29)47-40(55)58-22-24-12-9-8-10-13-24;/h8-20,29,33-34,38-40H,21-28H2,1-7H3,(H,53,61)(H,52,54,62);8-15,23,26-27,31-33,56H,16-22H2,1-7H3,(H,46,54)(H,45,47,55);1H/t33-,34-,38+,39?,40?,50+;26-,27-,31+,32?,33?,43+;/m11./s1. The monoisotopic (exact) mass is 1840 g/mol. The van der Waals surface area contributed by atoms with Crippen LogP contribution in [0.3, 0.4) is 0 Å². The Hall–Kier alpha value is -11.5. The lowest BCUT2D eigenvalue weighted by Gasteiger charge is -2.64. The molecular weight excluding hydrogens is 1730 g/mol. The Balaban J connectivity index is 0.000000224. The van der Waals surface area contributed by atoms with Crippen LogP contribution < -0.4 is 30.7 Å². The summed E-state index contributed by atoms with van der Waals surface area (Å²) in [6.45, 7) is 22.7. The number of piperazine rings is 2. The highest BCUT2D eigenvalue weighted by atomic mass is 32.1. The number of rotatable bonds is 29. The van der Waals surface area contributed by atoms with Gasteiger partial charge in [-0.05, 0) is 168 Å². The summed E-state index contributed by atoms with van der Waals surface area (Å²) in [5.74, 6) is -6.70. The van der Waals surface area contributed by atoms with Crippen LogP contribution >= 0.6 is 22.7 Å². The average Bonchev–Trinajstić information content (AvgIpc) is 1.52. The number of esters is 2. The van der Waals surface area contributed by atoms with Crippen molar-refractivity contribution in [2.24, 2.45) is 34.5 Å². The van der Waals surface area contributed by atoms with Crippen LogP contribution in [0.1, 0.15) is 195 Å². The van der Waals surface area contributed by atoms with Gasteiger partial charge in [-0.2, -0.15) is 0 Å². The highest BCUT2D eigenvalue weighted by Gasteiger charge is 2.70. The number of nitrogens with zero attached hydrogens (tertiary/aromatic N) is 6.